The molecule has 1 fully saturated rings. The highest BCUT2D eigenvalue weighted by atomic mass is 17.2. The molecular weight excluding hydrogens is 192 g/mol. The van der Waals surface area contributed by atoms with Crippen LogP contribution >= 0.6 is 0 Å². The lowest BCUT2D eigenvalue weighted by Gasteiger charge is -2.28. The van der Waals surface area contributed by atoms with Crippen LogP contribution in [0, 0.1) is 5.92 Å². The minimum absolute atomic E-state index is 0.186. The lowest BCUT2D eigenvalue weighted by atomic mass is 9.81. The third kappa shape index (κ3) is 1.63. The van der Waals surface area contributed by atoms with E-state index in [0.29, 0.717) is 0 Å². The van der Waals surface area contributed by atoms with Gasteiger partial charge in [-0.05, 0) is 11.5 Å². The maximum Gasteiger partial charge on any atom is 0.345 e. The van der Waals surface area contributed by atoms with Gasteiger partial charge >= 0.3 is 5.97 Å². The van der Waals surface area contributed by atoms with Crippen molar-refractivity contribution in [1.29, 1.82) is 0 Å². The summed E-state index contributed by atoms with van der Waals surface area (Å²) in [4.78, 5) is 21.1. The minimum Gasteiger partial charge on any atom is -0.297 e. The third-order valence-electron chi connectivity index (χ3n) is 2.89. The van der Waals surface area contributed by atoms with Crippen molar-refractivity contribution in [3.05, 3.63) is 35.9 Å². The second-order valence-electron chi connectivity index (χ2n) is 4.13. The largest absolute Gasteiger partial charge is 0.345 e. The molecule has 1 aliphatic rings. The van der Waals surface area contributed by atoms with E-state index in [2.05, 4.69) is 4.89 Å². The molecule has 2 rings (SSSR count). The van der Waals surface area contributed by atoms with E-state index in [1.807, 2.05) is 44.2 Å². The van der Waals surface area contributed by atoms with Crippen LogP contribution in [0.4, 0.5) is 0 Å². The van der Waals surface area contributed by atoms with E-state index in [-0.39, 0.29) is 18.3 Å². The summed E-state index contributed by atoms with van der Waals surface area (Å²) in [5.41, 5.74) is 0.379. The molecule has 1 aromatic rings. The average Bonchev–Trinajstić information content (AvgIpc) is 2.63. The van der Waals surface area contributed by atoms with E-state index in [0.717, 1.165) is 5.56 Å². The molecule has 1 heterocycles. The summed E-state index contributed by atoms with van der Waals surface area (Å²) in [6.07, 6.45) is 0.286. The van der Waals surface area contributed by atoms with Crippen LogP contribution < -0.4 is 0 Å². The third-order valence-corrected chi connectivity index (χ3v) is 2.89. The predicted molar refractivity (Wildman–Crippen MR) is 54.8 cm³/mol. The Bertz CT molecular complexity index is 358. The minimum atomic E-state index is -0.613. The van der Waals surface area contributed by atoms with Gasteiger partial charge in [-0.2, -0.15) is 4.89 Å². The fraction of sp³-hybridized carbons (Fsp3) is 0.417. The van der Waals surface area contributed by atoms with Crippen molar-refractivity contribution in [2.75, 3.05) is 0 Å². The highest BCUT2D eigenvalue weighted by molar-refractivity contribution is 5.72. The van der Waals surface area contributed by atoms with Gasteiger partial charge in [-0.15, -0.1) is 0 Å². The highest BCUT2D eigenvalue weighted by Crippen LogP contribution is 2.41. The van der Waals surface area contributed by atoms with E-state index >= 15 is 0 Å². The Morgan fingerprint density at radius 1 is 1.27 bits per heavy atom. The van der Waals surface area contributed by atoms with Crippen LogP contribution in [0.15, 0.2) is 30.3 Å². The van der Waals surface area contributed by atoms with Crippen molar-refractivity contribution >= 4 is 5.97 Å². The van der Waals surface area contributed by atoms with E-state index in [1.165, 1.54) is 0 Å². The summed E-state index contributed by atoms with van der Waals surface area (Å²) in [6.45, 7) is 4.05. The lowest BCUT2D eigenvalue weighted by Crippen LogP contribution is -2.31. The quantitative estimate of drug-likeness (QED) is 0.697. The molecule has 1 aromatic carbocycles. The number of rotatable bonds is 2. The normalized spacial score (nSPS) is 25.7. The number of carbonyl (C=O) groups excluding carboxylic acids is 1. The molecule has 0 radical (unpaired) electrons. The predicted octanol–water partition coefficient (Wildman–Crippen LogP) is 2.42. The van der Waals surface area contributed by atoms with Gasteiger partial charge in [0.2, 0.25) is 0 Å². The van der Waals surface area contributed by atoms with Crippen LogP contribution in [0.2, 0.25) is 0 Å². The Kier molecular flexibility index (Phi) is 2.49. The van der Waals surface area contributed by atoms with Crippen LogP contribution in [0.25, 0.3) is 0 Å². The monoisotopic (exact) mass is 206 g/mol. The van der Waals surface area contributed by atoms with Crippen molar-refractivity contribution < 1.29 is 14.6 Å². The summed E-state index contributed by atoms with van der Waals surface area (Å²) < 4.78 is 0. The molecule has 0 spiro atoms. The Morgan fingerprint density at radius 2 is 1.93 bits per heavy atom. The molecule has 0 aliphatic carbocycles. The van der Waals surface area contributed by atoms with Crippen molar-refractivity contribution in [1.82, 2.24) is 0 Å². The zero-order chi connectivity index (χ0) is 10.9. The molecule has 1 atom stereocenters. The Balaban J connectivity index is 2.40. The lowest BCUT2D eigenvalue weighted by molar-refractivity contribution is -0.308. The van der Waals surface area contributed by atoms with E-state index in [1.54, 1.807) is 0 Å². The van der Waals surface area contributed by atoms with Crippen molar-refractivity contribution in [2.24, 2.45) is 5.92 Å². The molecule has 15 heavy (non-hydrogen) atoms. The number of carbonyl (C=O) groups is 1. The van der Waals surface area contributed by atoms with E-state index in [9.17, 15) is 4.79 Å². The molecule has 80 valence electrons. The maximum atomic E-state index is 11.2. The Morgan fingerprint density at radius 3 is 2.40 bits per heavy atom. The second kappa shape index (κ2) is 3.66. The van der Waals surface area contributed by atoms with Crippen LogP contribution in [0.1, 0.15) is 25.8 Å². The zero-order valence-electron chi connectivity index (χ0n) is 8.90. The maximum absolute atomic E-state index is 11.2. The molecule has 0 aromatic heterocycles. The molecule has 1 unspecified atom stereocenters. The van der Waals surface area contributed by atoms with E-state index < -0.39 is 5.60 Å². The SMILES string of the molecule is CC(C)C1(c2ccccc2)CC(=O)OO1. The van der Waals surface area contributed by atoms with Crippen molar-refractivity contribution in [2.45, 2.75) is 25.9 Å². The highest BCUT2D eigenvalue weighted by Gasteiger charge is 2.47. The first kappa shape index (κ1) is 10.2. The van der Waals surface area contributed by atoms with Gasteiger partial charge in [0.25, 0.3) is 0 Å². The smallest absolute Gasteiger partial charge is 0.297 e. The number of hydrogen-bond donors (Lipinski definition) is 0. The van der Waals surface area contributed by atoms with Gasteiger partial charge in [-0.1, -0.05) is 44.2 Å². The topological polar surface area (TPSA) is 35.5 Å². The van der Waals surface area contributed by atoms with Crippen LogP contribution in [0.5, 0.6) is 0 Å². The average molecular weight is 206 g/mol. The van der Waals surface area contributed by atoms with Gasteiger partial charge < -0.3 is 0 Å². The molecular formula is C12H14O3. The molecule has 1 saturated heterocycles. The summed E-state index contributed by atoms with van der Waals surface area (Å²) in [5, 5.41) is 0. The van der Waals surface area contributed by atoms with Crippen molar-refractivity contribution in [3.8, 4) is 0 Å². The molecule has 3 nitrogen and oxygen atoms in total. The first-order valence-electron chi connectivity index (χ1n) is 5.09. The van der Waals surface area contributed by atoms with Crippen molar-refractivity contribution in [3.63, 3.8) is 0 Å². The number of hydrogen-bond acceptors (Lipinski definition) is 3. The molecule has 0 bridgehead atoms. The van der Waals surface area contributed by atoms with Gasteiger partial charge in [0.15, 0.2) is 5.60 Å². The van der Waals surface area contributed by atoms with Gasteiger partial charge in [-0.3, -0.25) is 4.89 Å². The fourth-order valence-electron chi connectivity index (χ4n) is 1.90. The van der Waals surface area contributed by atoms with Gasteiger partial charge in [0.1, 0.15) is 0 Å². The summed E-state index contributed by atoms with van der Waals surface area (Å²) in [5.74, 6) is -0.112. The Hall–Kier alpha value is -1.35. The molecule has 3 heteroatoms. The molecule has 1 aliphatic heterocycles. The van der Waals surface area contributed by atoms with Gasteiger partial charge in [0, 0.05) is 0 Å². The standard InChI is InChI=1S/C12H14O3/c1-9(2)12(8-11(13)14-15-12)10-6-4-3-5-7-10/h3-7,9H,8H2,1-2H3. The second-order valence-corrected chi connectivity index (χ2v) is 4.13. The molecule has 0 saturated carbocycles. The van der Waals surface area contributed by atoms with Crippen LogP contribution in [0.3, 0.4) is 0 Å². The zero-order valence-corrected chi connectivity index (χ0v) is 8.90. The van der Waals surface area contributed by atoms with Gasteiger partial charge in [0.05, 0.1) is 6.42 Å². The van der Waals surface area contributed by atoms with Crippen LogP contribution in [-0.2, 0) is 20.2 Å². The first-order valence-corrected chi connectivity index (χ1v) is 5.09. The van der Waals surface area contributed by atoms with E-state index in [4.69, 9.17) is 4.89 Å². The summed E-state index contributed by atoms with van der Waals surface area (Å²) in [7, 11) is 0. The summed E-state index contributed by atoms with van der Waals surface area (Å²) in [6, 6.07) is 9.73. The molecule has 0 amide bonds. The molecule has 0 N–H and O–H groups in total. The van der Waals surface area contributed by atoms with Crippen LogP contribution in [-0.4, -0.2) is 5.97 Å². The summed E-state index contributed by atoms with van der Waals surface area (Å²) >= 11 is 0. The Labute approximate surface area is 88.9 Å². The fourth-order valence-corrected chi connectivity index (χ4v) is 1.90. The van der Waals surface area contributed by atoms with Gasteiger partial charge in [-0.25, -0.2) is 4.79 Å². The number of benzene rings is 1. The first-order chi connectivity index (χ1) is 7.15.